The fraction of sp³-hybridized carbons (Fsp3) is 0.0769. The normalized spacial score (nSPS) is 10.5. The van der Waals surface area contributed by atoms with Crippen LogP contribution in [-0.4, -0.2) is 4.92 Å². The Kier molecular flexibility index (Phi) is 5.34. The first-order valence-electron chi connectivity index (χ1n) is 5.58. The number of benzene rings is 2. The number of nitrogens with zero attached hydrogens (tertiary/aromatic N) is 1. The van der Waals surface area contributed by atoms with E-state index in [9.17, 15) is 14.5 Å². The van der Waals surface area contributed by atoms with E-state index in [1.54, 1.807) is 0 Å². The van der Waals surface area contributed by atoms with Crippen LogP contribution in [-0.2, 0) is 6.61 Å². The second-order valence-corrected chi connectivity index (χ2v) is 6.65. The Morgan fingerprint density at radius 2 is 1.76 bits per heavy atom. The largest absolute Gasteiger partial charge is 0.487 e. The van der Waals surface area contributed by atoms with Gasteiger partial charge in [0.05, 0.1) is 13.9 Å². The molecule has 8 heteroatoms. The molecule has 4 nitrogen and oxygen atoms in total. The van der Waals surface area contributed by atoms with Gasteiger partial charge >= 0.3 is 5.69 Å². The van der Waals surface area contributed by atoms with Crippen LogP contribution in [0.5, 0.6) is 5.75 Å². The van der Waals surface area contributed by atoms with Crippen molar-refractivity contribution in [3.8, 4) is 5.75 Å². The van der Waals surface area contributed by atoms with Crippen molar-refractivity contribution in [1.82, 2.24) is 0 Å². The molecule has 2 rings (SSSR count). The van der Waals surface area contributed by atoms with E-state index in [1.165, 1.54) is 6.07 Å². The average molecular weight is 484 g/mol. The van der Waals surface area contributed by atoms with Crippen molar-refractivity contribution in [2.24, 2.45) is 0 Å². The summed E-state index contributed by atoms with van der Waals surface area (Å²) in [6, 6.07) is 7.31. The number of nitro benzene ring substituents is 1. The standard InChI is InChI=1S/C13H7Br3FNO3/c14-8-4-9(15)13(10(16)5-8)21-6-7-1-2-12(18(19)20)11(17)3-7/h1-5H,6H2. The zero-order valence-electron chi connectivity index (χ0n) is 10.3. The zero-order chi connectivity index (χ0) is 15.6. The summed E-state index contributed by atoms with van der Waals surface area (Å²) >= 11 is 10.1. The van der Waals surface area contributed by atoms with Gasteiger partial charge < -0.3 is 4.74 Å². The maximum Gasteiger partial charge on any atom is 0.304 e. The minimum atomic E-state index is -0.880. The summed E-state index contributed by atoms with van der Waals surface area (Å²) in [5, 5.41) is 10.6. The van der Waals surface area contributed by atoms with Crippen LogP contribution >= 0.6 is 47.8 Å². The number of ether oxygens (including phenoxy) is 1. The maximum atomic E-state index is 13.5. The predicted octanol–water partition coefficient (Wildman–Crippen LogP) is 5.60. The molecule has 0 fully saturated rings. The highest BCUT2D eigenvalue weighted by atomic mass is 79.9. The van der Waals surface area contributed by atoms with Gasteiger partial charge in [-0.25, -0.2) is 0 Å². The van der Waals surface area contributed by atoms with Gasteiger partial charge in [-0.2, -0.15) is 4.39 Å². The second-order valence-electron chi connectivity index (χ2n) is 4.03. The lowest BCUT2D eigenvalue weighted by atomic mass is 10.2. The molecule has 0 aromatic heterocycles. The molecule has 0 atom stereocenters. The van der Waals surface area contributed by atoms with Gasteiger partial charge in [-0.3, -0.25) is 10.1 Å². The van der Waals surface area contributed by atoms with Crippen LogP contribution in [0.2, 0.25) is 0 Å². The molecule has 0 aliphatic heterocycles. The summed E-state index contributed by atoms with van der Waals surface area (Å²) < 4.78 is 21.5. The van der Waals surface area contributed by atoms with Crippen molar-refractivity contribution in [3.05, 3.63) is 65.2 Å². The molecule has 21 heavy (non-hydrogen) atoms. The first-order chi connectivity index (χ1) is 9.88. The fourth-order valence-electron chi connectivity index (χ4n) is 1.61. The quantitative estimate of drug-likeness (QED) is 0.420. The van der Waals surface area contributed by atoms with Crippen molar-refractivity contribution >= 4 is 53.5 Å². The number of hydrogen-bond acceptors (Lipinski definition) is 3. The van der Waals surface area contributed by atoms with Gasteiger partial charge in [-0.05, 0) is 61.7 Å². The molecule has 0 saturated carbocycles. The van der Waals surface area contributed by atoms with Crippen LogP contribution in [0.25, 0.3) is 0 Å². The van der Waals surface area contributed by atoms with E-state index in [-0.39, 0.29) is 6.61 Å². The lowest BCUT2D eigenvalue weighted by Gasteiger charge is -2.11. The van der Waals surface area contributed by atoms with Crippen LogP contribution in [0.15, 0.2) is 43.7 Å². The molecule has 0 radical (unpaired) electrons. The van der Waals surface area contributed by atoms with E-state index in [1.807, 2.05) is 12.1 Å². The number of halogens is 4. The van der Waals surface area contributed by atoms with Crippen LogP contribution in [0.3, 0.4) is 0 Å². The topological polar surface area (TPSA) is 52.4 Å². The third kappa shape index (κ3) is 4.02. The van der Waals surface area contributed by atoms with E-state index in [0.717, 1.165) is 25.6 Å². The van der Waals surface area contributed by atoms with Gasteiger partial charge in [0, 0.05) is 10.5 Å². The molecule has 0 unspecified atom stereocenters. The Labute approximate surface area is 144 Å². The number of nitro groups is 1. The predicted molar refractivity (Wildman–Crippen MR) is 86.9 cm³/mol. The van der Waals surface area contributed by atoms with Crippen LogP contribution in [0.1, 0.15) is 5.56 Å². The van der Waals surface area contributed by atoms with E-state index in [2.05, 4.69) is 47.8 Å². The molecule has 0 aliphatic carbocycles. The Balaban J connectivity index is 2.17. The molecule has 0 N–H and O–H groups in total. The van der Waals surface area contributed by atoms with Gasteiger partial charge in [0.25, 0.3) is 0 Å². The van der Waals surface area contributed by atoms with Crippen molar-refractivity contribution in [3.63, 3.8) is 0 Å². The smallest absolute Gasteiger partial charge is 0.304 e. The summed E-state index contributed by atoms with van der Waals surface area (Å²) in [6.45, 7) is 0.0910. The van der Waals surface area contributed by atoms with Crippen molar-refractivity contribution in [2.75, 3.05) is 0 Å². The Morgan fingerprint density at radius 3 is 2.29 bits per heavy atom. The van der Waals surface area contributed by atoms with E-state index in [0.29, 0.717) is 11.3 Å². The minimum Gasteiger partial charge on any atom is -0.487 e. The number of rotatable bonds is 4. The van der Waals surface area contributed by atoms with Crippen LogP contribution in [0.4, 0.5) is 10.1 Å². The summed E-state index contributed by atoms with van der Waals surface area (Å²) in [7, 11) is 0. The van der Waals surface area contributed by atoms with Crippen LogP contribution < -0.4 is 4.74 Å². The average Bonchev–Trinajstić information content (AvgIpc) is 2.36. The molecule has 2 aromatic rings. The van der Waals surface area contributed by atoms with Gasteiger partial charge in [-0.1, -0.05) is 15.9 Å². The zero-order valence-corrected chi connectivity index (χ0v) is 15.0. The van der Waals surface area contributed by atoms with Gasteiger partial charge in [0.2, 0.25) is 5.82 Å². The summed E-state index contributed by atoms with van der Waals surface area (Å²) in [5.74, 6) is -0.313. The fourth-order valence-corrected chi connectivity index (χ4v) is 4.10. The first-order valence-corrected chi connectivity index (χ1v) is 7.96. The summed E-state index contributed by atoms with van der Waals surface area (Å²) in [5.41, 5.74) is -0.0513. The molecule has 0 aliphatic rings. The monoisotopic (exact) mass is 481 g/mol. The molecular formula is C13H7Br3FNO3. The molecule has 0 amide bonds. The maximum absolute atomic E-state index is 13.5. The second kappa shape index (κ2) is 6.85. The third-order valence-electron chi connectivity index (χ3n) is 2.56. The molecule has 110 valence electrons. The molecular weight excluding hydrogens is 477 g/mol. The first kappa shape index (κ1) is 16.4. The van der Waals surface area contributed by atoms with E-state index < -0.39 is 16.4 Å². The minimum absolute atomic E-state index is 0.0910. The molecule has 0 heterocycles. The molecule has 0 spiro atoms. The molecule has 0 bridgehead atoms. The van der Waals surface area contributed by atoms with Gasteiger partial charge in [0.1, 0.15) is 12.4 Å². The van der Waals surface area contributed by atoms with E-state index >= 15 is 0 Å². The lowest BCUT2D eigenvalue weighted by molar-refractivity contribution is -0.387. The number of hydrogen-bond donors (Lipinski definition) is 0. The van der Waals surface area contributed by atoms with Gasteiger partial charge in [-0.15, -0.1) is 0 Å². The molecule has 2 aromatic carbocycles. The van der Waals surface area contributed by atoms with Gasteiger partial charge in [0.15, 0.2) is 0 Å². The van der Waals surface area contributed by atoms with Crippen LogP contribution in [0, 0.1) is 15.9 Å². The lowest BCUT2D eigenvalue weighted by Crippen LogP contribution is -1.99. The Bertz CT molecular complexity index is 686. The highest BCUT2D eigenvalue weighted by Gasteiger charge is 2.14. The van der Waals surface area contributed by atoms with Crippen molar-refractivity contribution in [1.29, 1.82) is 0 Å². The van der Waals surface area contributed by atoms with Crippen molar-refractivity contribution < 1.29 is 14.1 Å². The summed E-state index contributed by atoms with van der Waals surface area (Å²) in [4.78, 5) is 9.79. The Morgan fingerprint density at radius 1 is 1.14 bits per heavy atom. The third-order valence-corrected chi connectivity index (χ3v) is 4.19. The van der Waals surface area contributed by atoms with E-state index in [4.69, 9.17) is 4.74 Å². The molecule has 0 saturated heterocycles. The highest BCUT2D eigenvalue weighted by molar-refractivity contribution is 9.11. The van der Waals surface area contributed by atoms with Crippen molar-refractivity contribution in [2.45, 2.75) is 6.61 Å². The Hall–Kier alpha value is -0.990. The highest BCUT2D eigenvalue weighted by Crippen LogP contribution is 2.37. The SMILES string of the molecule is O=[N+]([O-])c1ccc(COc2c(Br)cc(Br)cc2Br)cc1F. The summed E-state index contributed by atoms with van der Waals surface area (Å²) in [6.07, 6.45) is 0.